The minimum atomic E-state index is 0.252. The molecule has 0 fully saturated rings. The monoisotopic (exact) mass is 331 g/mol. The highest BCUT2D eigenvalue weighted by Gasteiger charge is 2.16. The topological polar surface area (TPSA) is 51.5 Å². The van der Waals surface area contributed by atoms with E-state index in [1.807, 2.05) is 12.1 Å². The number of fused-ring (bicyclic) bond motifs is 1. The van der Waals surface area contributed by atoms with E-state index in [4.69, 9.17) is 19.5 Å². The fourth-order valence-electron chi connectivity index (χ4n) is 1.86. The highest BCUT2D eigenvalue weighted by atomic mass is 79.9. The molecule has 0 spiro atoms. The number of benzene rings is 2. The summed E-state index contributed by atoms with van der Waals surface area (Å²) in [5.74, 6) is 2.18. The van der Waals surface area contributed by atoms with Crippen molar-refractivity contribution in [3.63, 3.8) is 0 Å². The highest BCUT2D eigenvalue weighted by Crippen LogP contribution is 2.37. The van der Waals surface area contributed by atoms with E-state index in [-0.39, 0.29) is 6.79 Å². The summed E-state index contributed by atoms with van der Waals surface area (Å²) < 4.78 is 17.2. The summed E-state index contributed by atoms with van der Waals surface area (Å²) >= 11 is 3.49. The highest BCUT2D eigenvalue weighted by molar-refractivity contribution is 9.10. The Morgan fingerprint density at radius 1 is 1.15 bits per heavy atom. The third kappa shape index (κ3) is 2.56. The first kappa shape index (κ1) is 12.8. The molecule has 0 bridgehead atoms. The lowest BCUT2D eigenvalue weighted by molar-refractivity contribution is 0.174. The van der Waals surface area contributed by atoms with Crippen molar-refractivity contribution in [1.29, 1.82) is 5.26 Å². The molecule has 1 aliphatic heterocycles. The van der Waals surface area contributed by atoms with Crippen LogP contribution in [0.5, 0.6) is 17.2 Å². The minimum absolute atomic E-state index is 0.252. The molecular formula is C15H10BrNO3. The molecule has 100 valence electrons. The lowest BCUT2D eigenvalue weighted by Crippen LogP contribution is -1.97. The summed E-state index contributed by atoms with van der Waals surface area (Å²) in [4.78, 5) is 0. The van der Waals surface area contributed by atoms with Crippen LogP contribution in [0.1, 0.15) is 11.1 Å². The zero-order valence-electron chi connectivity index (χ0n) is 10.4. The van der Waals surface area contributed by atoms with Crippen molar-refractivity contribution in [1.82, 2.24) is 0 Å². The molecule has 0 atom stereocenters. The lowest BCUT2D eigenvalue weighted by atomic mass is 10.2. The molecular weight excluding hydrogens is 322 g/mol. The summed E-state index contributed by atoms with van der Waals surface area (Å²) in [6, 6.07) is 12.9. The molecule has 0 amide bonds. The van der Waals surface area contributed by atoms with E-state index >= 15 is 0 Å². The van der Waals surface area contributed by atoms with Crippen LogP contribution in [0.4, 0.5) is 0 Å². The van der Waals surface area contributed by atoms with Crippen molar-refractivity contribution in [3.05, 3.63) is 52.0 Å². The van der Waals surface area contributed by atoms with Crippen molar-refractivity contribution < 1.29 is 14.2 Å². The summed E-state index contributed by atoms with van der Waals surface area (Å²) in [6.07, 6.45) is 0. The summed E-state index contributed by atoms with van der Waals surface area (Å²) in [6.45, 7) is 0.658. The van der Waals surface area contributed by atoms with Gasteiger partial charge in [-0.05, 0) is 36.4 Å². The molecule has 0 N–H and O–H groups in total. The van der Waals surface area contributed by atoms with E-state index < -0.39 is 0 Å². The fourth-order valence-corrected chi connectivity index (χ4v) is 2.29. The van der Waals surface area contributed by atoms with Crippen LogP contribution in [0.25, 0.3) is 0 Å². The van der Waals surface area contributed by atoms with Crippen LogP contribution in [0, 0.1) is 11.3 Å². The largest absolute Gasteiger partial charge is 0.489 e. The molecule has 5 heteroatoms. The Morgan fingerprint density at radius 3 is 2.55 bits per heavy atom. The minimum Gasteiger partial charge on any atom is -0.489 e. The Hall–Kier alpha value is -2.19. The lowest BCUT2D eigenvalue weighted by Gasteiger charge is -2.09. The molecule has 0 aromatic heterocycles. The molecule has 4 nitrogen and oxygen atoms in total. The molecule has 2 aromatic rings. The maximum atomic E-state index is 8.74. The van der Waals surface area contributed by atoms with Gasteiger partial charge in [0.05, 0.1) is 11.6 Å². The first-order valence-corrected chi connectivity index (χ1v) is 6.76. The molecule has 0 saturated heterocycles. The molecule has 20 heavy (non-hydrogen) atoms. The van der Waals surface area contributed by atoms with Gasteiger partial charge in [0.1, 0.15) is 12.4 Å². The van der Waals surface area contributed by atoms with Gasteiger partial charge in [-0.25, -0.2) is 0 Å². The predicted molar refractivity (Wildman–Crippen MR) is 75.8 cm³/mol. The summed E-state index contributed by atoms with van der Waals surface area (Å²) in [7, 11) is 0. The second-order valence-corrected chi connectivity index (χ2v) is 5.08. The van der Waals surface area contributed by atoms with E-state index in [0.717, 1.165) is 21.5 Å². The summed E-state index contributed by atoms with van der Waals surface area (Å²) in [5.41, 5.74) is 1.58. The van der Waals surface area contributed by atoms with E-state index in [1.54, 1.807) is 24.3 Å². The van der Waals surface area contributed by atoms with Gasteiger partial charge in [-0.2, -0.15) is 5.26 Å². The normalized spacial score (nSPS) is 12.0. The van der Waals surface area contributed by atoms with Gasteiger partial charge in [0.15, 0.2) is 11.5 Å². The van der Waals surface area contributed by atoms with Gasteiger partial charge in [-0.15, -0.1) is 0 Å². The van der Waals surface area contributed by atoms with Crippen LogP contribution >= 0.6 is 15.9 Å². The van der Waals surface area contributed by atoms with Gasteiger partial charge < -0.3 is 14.2 Å². The molecule has 3 rings (SSSR count). The van der Waals surface area contributed by atoms with Gasteiger partial charge in [0.2, 0.25) is 6.79 Å². The Kier molecular flexibility index (Phi) is 3.48. The van der Waals surface area contributed by atoms with E-state index in [1.165, 1.54) is 0 Å². The molecule has 0 radical (unpaired) electrons. The SMILES string of the molecule is N#Cc1ccc(OCc2cc3c(cc2Br)OCO3)cc1. The maximum Gasteiger partial charge on any atom is 0.231 e. The zero-order chi connectivity index (χ0) is 13.9. The van der Waals surface area contributed by atoms with E-state index in [9.17, 15) is 0 Å². The number of hydrogen-bond donors (Lipinski definition) is 0. The number of ether oxygens (including phenoxy) is 3. The molecule has 2 aromatic carbocycles. The number of nitrogens with zero attached hydrogens (tertiary/aromatic N) is 1. The Labute approximate surface area is 124 Å². The quantitative estimate of drug-likeness (QED) is 0.861. The van der Waals surface area contributed by atoms with Crippen molar-refractivity contribution in [2.45, 2.75) is 6.61 Å². The smallest absolute Gasteiger partial charge is 0.231 e. The van der Waals surface area contributed by atoms with Crippen LogP contribution in [0.15, 0.2) is 40.9 Å². The van der Waals surface area contributed by atoms with Crippen LogP contribution in [-0.2, 0) is 6.61 Å². The average Bonchev–Trinajstić information content (AvgIpc) is 2.92. The first-order valence-electron chi connectivity index (χ1n) is 5.97. The van der Waals surface area contributed by atoms with Gasteiger partial charge in [-0.1, -0.05) is 15.9 Å². The first-order chi connectivity index (χ1) is 9.76. The standard InChI is InChI=1S/C15H10BrNO3/c16-13-6-15-14(19-9-20-15)5-11(13)8-18-12-3-1-10(7-17)2-4-12/h1-6H,8-9H2. The van der Waals surface area contributed by atoms with E-state index in [0.29, 0.717) is 17.9 Å². The number of halogens is 1. The predicted octanol–water partition coefficient (Wildman–Crippen LogP) is 3.63. The van der Waals surface area contributed by atoms with Crippen LogP contribution in [-0.4, -0.2) is 6.79 Å². The van der Waals surface area contributed by atoms with Crippen molar-refractivity contribution >= 4 is 15.9 Å². The van der Waals surface area contributed by atoms with Crippen molar-refractivity contribution in [2.24, 2.45) is 0 Å². The van der Waals surface area contributed by atoms with Crippen LogP contribution < -0.4 is 14.2 Å². The Balaban J connectivity index is 1.73. The molecule has 1 aliphatic rings. The molecule has 1 heterocycles. The third-order valence-corrected chi connectivity index (χ3v) is 3.66. The second-order valence-electron chi connectivity index (χ2n) is 4.22. The zero-order valence-corrected chi connectivity index (χ0v) is 12.0. The Bertz CT molecular complexity index is 677. The molecule has 0 aliphatic carbocycles. The van der Waals surface area contributed by atoms with Gasteiger partial charge in [-0.3, -0.25) is 0 Å². The number of nitriles is 1. The van der Waals surface area contributed by atoms with Crippen LogP contribution in [0.2, 0.25) is 0 Å². The summed E-state index contributed by atoms with van der Waals surface area (Å²) in [5, 5.41) is 8.74. The van der Waals surface area contributed by atoms with Gasteiger partial charge >= 0.3 is 0 Å². The number of rotatable bonds is 3. The van der Waals surface area contributed by atoms with Crippen molar-refractivity contribution in [2.75, 3.05) is 6.79 Å². The van der Waals surface area contributed by atoms with Gasteiger partial charge in [0.25, 0.3) is 0 Å². The second kappa shape index (κ2) is 5.43. The average molecular weight is 332 g/mol. The van der Waals surface area contributed by atoms with E-state index in [2.05, 4.69) is 22.0 Å². The van der Waals surface area contributed by atoms with Crippen molar-refractivity contribution in [3.8, 4) is 23.3 Å². The molecule has 0 unspecified atom stereocenters. The van der Waals surface area contributed by atoms with Gasteiger partial charge in [0, 0.05) is 10.0 Å². The maximum absolute atomic E-state index is 8.74. The number of hydrogen-bond acceptors (Lipinski definition) is 4. The van der Waals surface area contributed by atoms with Crippen LogP contribution in [0.3, 0.4) is 0 Å². The fraction of sp³-hybridized carbons (Fsp3) is 0.133. The Morgan fingerprint density at radius 2 is 1.85 bits per heavy atom. The third-order valence-electron chi connectivity index (χ3n) is 2.92. The molecule has 0 saturated carbocycles.